The number of terminal acetylenes is 1. The fourth-order valence-corrected chi connectivity index (χ4v) is 2.22. The van der Waals surface area contributed by atoms with Crippen LogP contribution >= 0.6 is 0 Å². The average Bonchev–Trinajstić information content (AvgIpc) is 2.38. The molecule has 0 aliphatic heterocycles. The van der Waals surface area contributed by atoms with Gasteiger partial charge >= 0.3 is 0 Å². The van der Waals surface area contributed by atoms with Crippen molar-refractivity contribution in [1.29, 1.82) is 0 Å². The number of hydrogen-bond donors (Lipinski definition) is 1. The highest BCUT2D eigenvalue weighted by atomic mass is 14.9. The highest BCUT2D eigenvalue weighted by Gasteiger charge is 2.12. The van der Waals surface area contributed by atoms with Crippen LogP contribution in [0.4, 0.5) is 0 Å². The quantitative estimate of drug-likeness (QED) is 0.555. The zero-order valence-electron chi connectivity index (χ0n) is 11.0. The molecule has 1 aromatic rings. The van der Waals surface area contributed by atoms with E-state index in [1.165, 1.54) is 11.1 Å². The molecule has 0 amide bonds. The summed E-state index contributed by atoms with van der Waals surface area (Å²) in [7, 11) is 0. The summed E-state index contributed by atoms with van der Waals surface area (Å²) in [6.07, 6.45) is 9.48. The minimum absolute atomic E-state index is 0.449. The van der Waals surface area contributed by atoms with Gasteiger partial charge in [-0.2, -0.15) is 0 Å². The van der Waals surface area contributed by atoms with E-state index in [2.05, 4.69) is 49.4 Å². The molecule has 1 aromatic carbocycles. The van der Waals surface area contributed by atoms with Crippen LogP contribution in [-0.2, 0) is 6.42 Å². The van der Waals surface area contributed by atoms with Crippen molar-refractivity contribution in [3.8, 4) is 12.3 Å². The predicted octanol–water partition coefficient (Wildman–Crippen LogP) is 3.70. The molecule has 1 heteroatoms. The smallest absolute Gasteiger partial charge is 0.0323 e. The van der Waals surface area contributed by atoms with Crippen molar-refractivity contribution >= 4 is 0 Å². The maximum atomic E-state index is 5.31. The Morgan fingerprint density at radius 3 is 2.71 bits per heavy atom. The van der Waals surface area contributed by atoms with Crippen molar-refractivity contribution in [2.45, 2.75) is 45.6 Å². The van der Waals surface area contributed by atoms with Gasteiger partial charge in [0.15, 0.2) is 0 Å². The van der Waals surface area contributed by atoms with E-state index in [9.17, 15) is 0 Å². The molecule has 1 atom stereocenters. The second-order valence-corrected chi connectivity index (χ2v) is 4.26. The molecular formula is C16H23N. The molecule has 0 radical (unpaired) electrons. The lowest BCUT2D eigenvalue weighted by Gasteiger charge is -2.20. The van der Waals surface area contributed by atoms with E-state index in [1.807, 2.05) is 0 Å². The fourth-order valence-electron chi connectivity index (χ4n) is 2.22. The van der Waals surface area contributed by atoms with Crippen LogP contribution in [0.2, 0.25) is 0 Å². The number of unbranched alkanes of at least 4 members (excludes halogenated alkanes) is 1. The number of hydrogen-bond acceptors (Lipinski definition) is 1. The Balaban J connectivity index is 2.77. The maximum absolute atomic E-state index is 5.31. The molecular weight excluding hydrogens is 206 g/mol. The lowest BCUT2D eigenvalue weighted by Crippen LogP contribution is -2.22. The second-order valence-electron chi connectivity index (χ2n) is 4.26. The van der Waals surface area contributed by atoms with Crippen molar-refractivity contribution in [2.75, 3.05) is 6.54 Å². The van der Waals surface area contributed by atoms with Crippen LogP contribution in [0.5, 0.6) is 0 Å². The van der Waals surface area contributed by atoms with E-state index in [-0.39, 0.29) is 0 Å². The van der Waals surface area contributed by atoms with Crippen molar-refractivity contribution in [1.82, 2.24) is 5.32 Å². The molecule has 1 rings (SSSR count). The van der Waals surface area contributed by atoms with Gasteiger partial charge < -0.3 is 5.32 Å². The third kappa shape index (κ3) is 4.24. The Hall–Kier alpha value is -1.26. The molecule has 0 spiro atoms. The zero-order valence-corrected chi connectivity index (χ0v) is 11.0. The van der Waals surface area contributed by atoms with Gasteiger partial charge in [0, 0.05) is 12.5 Å². The largest absolute Gasteiger partial charge is 0.310 e. The summed E-state index contributed by atoms with van der Waals surface area (Å²) < 4.78 is 0. The minimum atomic E-state index is 0.449. The number of rotatable bonds is 7. The average molecular weight is 229 g/mol. The molecule has 1 N–H and O–H groups in total. The molecule has 0 saturated carbocycles. The van der Waals surface area contributed by atoms with Crippen LogP contribution in [-0.4, -0.2) is 6.54 Å². The number of nitrogens with one attached hydrogen (secondary N) is 1. The molecule has 17 heavy (non-hydrogen) atoms. The fraction of sp³-hybridized carbons (Fsp3) is 0.500. The van der Waals surface area contributed by atoms with Gasteiger partial charge in [0.05, 0.1) is 0 Å². The summed E-state index contributed by atoms with van der Waals surface area (Å²) in [5.41, 5.74) is 2.88. The topological polar surface area (TPSA) is 12.0 Å². The highest BCUT2D eigenvalue weighted by Crippen LogP contribution is 2.23. The van der Waals surface area contributed by atoms with Crippen LogP contribution < -0.4 is 5.32 Å². The molecule has 0 fully saturated rings. The molecule has 0 aliphatic rings. The highest BCUT2D eigenvalue weighted by molar-refractivity contribution is 5.30. The summed E-state index contributed by atoms with van der Waals surface area (Å²) in [5.74, 6) is 2.72. The third-order valence-corrected chi connectivity index (χ3v) is 3.08. The van der Waals surface area contributed by atoms with Gasteiger partial charge in [-0.25, -0.2) is 0 Å². The lowest BCUT2D eigenvalue weighted by atomic mass is 9.95. The van der Waals surface area contributed by atoms with Crippen molar-refractivity contribution < 1.29 is 0 Å². The summed E-state index contributed by atoms with van der Waals surface area (Å²) in [6, 6.07) is 9.15. The first-order valence-corrected chi connectivity index (χ1v) is 6.58. The van der Waals surface area contributed by atoms with Gasteiger partial charge in [0.25, 0.3) is 0 Å². The van der Waals surface area contributed by atoms with Gasteiger partial charge in [-0.15, -0.1) is 12.3 Å². The van der Waals surface area contributed by atoms with E-state index < -0.39 is 0 Å². The molecule has 0 bridgehead atoms. The molecule has 0 heterocycles. The molecule has 0 aliphatic carbocycles. The van der Waals surface area contributed by atoms with Crippen LogP contribution in [0, 0.1) is 12.3 Å². The number of benzene rings is 1. The predicted molar refractivity (Wildman–Crippen MR) is 74.9 cm³/mol. The van der Waals surface area contributed by atoms with Gasteiger partial charge in [-0.1, -0.05) is 38.1 Å². The third-order valence-electron chi connectivity index (χ3n) is 3.08. The molecule has 1 unspecified atom stereocenters. The van der Waals surface area contributed by atoms with Crippen molar-refractivity contribution in [2.24, 2.45) is 0 Å². The minimum Gasteiger partial charge on any atom is -0.310 e. The van der Waals surface area contributed by atoms with Gasteiger partial charge in [0.1, 0.15) is 0 Å². The van der Waals surface area contributed by atoms with Crippen molar-refractivity contribution in [3.05, 3.63) is 35.4 Å². The maximum Gasteiger partial charge on any atom is 0.0323 e. The first-order valence-electron chi connectivity index (χ1n) is 6.58. The SMILES string of the molecule is C#CCCCC(NCC)c1ccccc1CC. The zero-order chi connectivity index (χ0) is 12.5. The Kier molecular flexibility index (Phi) is 6.43. The Bertz CT molecular complexity index is 362. The first-order chi connectivity index (χ1) is 8.33. The van der Waals surface area contributed by atoms with Gasteiger partial charge in [-0.05, 0) is 36.9 Å². The molecule has 92 valence electrons. The standard InChI is InChI=1S/C16H23N/c1-4-7-8-13-16(17-6-3)15-12-10-9-11-14(15)5-2/h1,9-12,16-17H,5-8,13H2,2-3H3. The molecule has 1 nitrogen and oxygen atoms in total. The summed E-state index contributed by atoms with van der Waals surface area (Å²) >= 11 is 0. The number of aryl methyl sites for hydroxylation is 1. The lowest BCUT2D eigenvalue weighted by molar-refractivity contribution is 0.499. The van der Waals surface area contributed by atoms with Crippen LogP contribution in [0.25, 0.3) is 0 Å². The molecule has 0 saturated heterocycles. The van der Waals surface area contributed by atoms with Crippen LogP contribution in [0.15, 0.2) is 24.3 Å². The van der Waals surface area contributed by atoms with Gasteiger partial charge in [0.2, 0.25) is 0 Å². The van der Waals surface area contributed by atoms with E-state index >= 15 is 0 Å². The Morgan fingerprint density at radius 1 is 1.29 bits per heavy atom. The van der Waals surface area contributed by atoms with E-state index in [0.29, 0.717) is 6.04 Å². The van der Waals surface area contributed by atoms with E-state index in [4.69, 9.17) is 6.42 Å². The van der Waals surface area contributed by atoms with E-state index in [0.717, 1.165) is 32.2 Å². The summed E-state index contributed by atoms with van der Waals surface area (Å²) in [4.78, 5) is 0. The van der Waals surface area contributed by atoms with Crippen LogP contribution in [0.3, 0.4) is 0 Å². The van der Waals surface area contributed by atoms with E-state index in [1.54, 1.807) is 0 Å². The normalized spacial score (nSPS) is 12.1. The van der Waals surface area contributed by atoms with Crippen molar-refractivity contribution in [3.63, 3.8) is 0 Å². The Labute approximate surface area is 106 Å². The van der Waals surface area contributed by atoms with Gasteiger partial charge in [-0.3, -0.25) is 0 Å². The Morgan fingerprint density at radius 2 is 2.06 bits per heavy atom. The second kappa shape index (κ2) is 7.92. The summed E-state index contributed by atoms with van der Waals surface area (Å²) in [5, 5.41) is 3.56. The molecule has 0 aromatic heterocycles. The monoisotopic (exact) mass is 229 g/mol. The summed E-state index contributed by atoms with van der Waals surface area (Å²) in [6.45, 7) is 5.37. The first kappa shape index (κ1) is 13.8. The van der Waals surface area contributed by atoms with Crippen LogP contribution in [0.1, 0.15) is 50.3 Å².